The predicted octanol–water partition coefficient (Wildman–Crippen LogP) is 2.50. The van der Waals surface area contributed by atoms with E-state index < -0.39 is 0 Å². The van der Waals surface area contributed by atoms with Crippen LogP contribution in [0.4, 0.5) is 0 Å². The molecule has 1 amide bonds. The number of nitrogens with zero attached hydrogens (tertiary/aromatic N) is 3. The molecule has 4 nitrogen and oxygen atoms in total. The lowest BCUT2D eigenvalue weighted by molar-refractivity contribution is 0.00887. The van der Waals surface area contributed by atoms with Crippen molar-refractivity contribution in [1.82, 2.24) is 14.2 Å². The molecule has 5 rings (SSSR count). The summed E-state index contributed by atoms with van der Waals surface area (Å²) in [6.45, 7) is 6.36. The van der Waals surface area contributed by atoms with Gasteiger partial charge in [-0.3, -0.25) is 4.79 Å². The van der Waals surface area contributed by atoms with Crippen LogP contribution in [0, 0.1) is 5.92 Å². The second kappa shape index (κ2) is 5.43. The number of hydrogen-bond acceptors (Lipinski definition) is 2. The maximum Gasteiger partial charge on any atom is 0.271 e. The fourth-order valence-electron chi connectivity index (χ4n) is 4.19. The molecule has 2 bridgehead atoms. The van der Waals surface area contributed by atoms with Crippen LogP contribution in [0.1, 0.15) is 30.3 Å². The molecule has 0 saturated carbocycles. The van der Waals surface area contributed by atoms with Crippen LogP contribution in [-0.2, 0) is 0 Å². The zero-order valence-electron chi connectivity index (χ0n) is 13.1. The van der Waals surface area contributed by atoms with Gasteiger partial charge in [0.05, 0.1) is 0 Å². The summed E-state index contributed by atoms with van der Waals surface area (Å²) in [5.74, 6) is 0.854. The molecule has 3 aliphatic rings. The summed E-state index contributed by atoms with van der Waals surface area (Å²) >= 11 is 0. The predicted molar refractivity (Wildman–Crippen MR) is 87.1 cm³/mol. The van der Waals surface area contributed by atoms with Gasteiger partial charge in [-0.25, -0.2) is 0 Å². The minimum atomic E-state index is 0.174. The second-order valence-electron chi connectivity index (χ2n) is 6.51. The lowest BCUT2D eigenvalue weighted by atomic mass is 9.83. The third kappa shape index (κ3) is 2.13. The van der Waals surface area contributed by atoms with Gasteiger partial charge >= 0.3 is 0 Å². The van der Waals surface area contributed by atoms with Crippen molar-refractivity contribution in [3.8, 4) is 0 Å². The van der Waals surface area contributed by atoms with Crippen molar-refractivity contribution in [1.29, 1.82) is 0 Å². The van der Waals surface area contributed by atoms with E-state index in [9.17, 15) is 4.79 Å². The first-order valence-corrected chi connectivity index (χ1v) is 8.37. The van der Waals surface area contributed by atoms with E-state index in [0.717, 1.165) is 24.3 Å². The number of aromatic nitrogens is 1. The van der Waals surface area contributed by atoms with Gasteiger partial charge in [0.15, 0.2) is 0 Å². The molecule has 22 heavy (non-hydrogen) atoms. The Morgan fingerprint density at radius 3 is 2.73 bits per heavy atom. The number of carbonyl (C=O) groups is 1. The molecular formula is C18H23N3O. The summed E-state index contributed by atoms with van der Waals surface area (Å²) in [7, 11) is 0. The number of hydrogen-bond donors (Lipinski definition) is 0. The molecule has 3 aliphatic heterocycles. The summed E-state index contributed by atoms with van der Waals surface area (Å²) in [6.07, 6.45) is 4.46. The van der Waals surface area contributed by atoms with E-state index >= 15 is 0 Å². The highest BCUT2D eigenvalue weighted by Gasteiger charge is 2.39. The molecule has 4 heteroatoms. The lowest BCUT2D eigenvalue weighted by Gasteiger charge is -2.48. The van der Waals surface area contributed by atoms with Crippen LogP contribution in [0.5, 0.6) is 0 Å². The molecule has 3 fully saturated rings. The number of carbonyl (C=O) groups excluding carboxylic acids is 1. The van der Waals surface area contributed by atoms with Crippen LogP contribution >= 0.6 is 0 Å². The molecule has 1 unspecified atom stereocenters. The molecule has 2 aromatic rings. The average Bonchev–Trinajstić information content (AvgIpc) is 3.00. The van der Waals surface area contributed by atoms with Gasteiger partial charge < -0.3 is 14.2 Å². The Bertz CT molecular complexity index is 684. The van der Waals surface area contributed by atoms with Gasteiger partial charge in [-0.05, 0) is 63.0 Å². The number of fused-ring (bicyclic) bond motifs is 4. The van der Waals surface area contributed by atoms with Crippen molar-refractivity contribution >= 4 is 11.4 Å². The van der Waals surface area contributed by atoms with E-state index in [2.05, 4.69) is 16.7 Å². The molecule has 0 radical (unpaired) electrons. The van der Waals surface area contributed by atoms with E-state index in [1.807, 2.05) is 40.9 Å². The maximum absolute atomic E-state index is 13.1. The molecule has 0 aliphatic carbocycles. The minimum Gasteiger partial charge on any atom is -0.333 e. The highest BCUT2D eigenvalue weighted by Crippen LogP contribution is 2.31. The van der Waals surface area contributed by atoms with Gasteiger partial charge in [-0.15, -0.1) is 0 Å². The Kier molecular flexibility index (Phi) is 3.41. The first-order valence-electron chi connectivity index (χ1n) is 8.37. The summed E-state index contributed by atoms with van der Waals surface area (Å²) in [5, 5.41) is 0. The fourth-order valence-corrected chi connectivity index (χ4v) is 4.19. The van der Waals surface area contributed by atoms with Gasteiger partial charge in [0.2, 0.25) is 0 Å². The van der Waals surface area contributed by atoms with Crippen LogP contribution in [0.3, 0.4) is 0 Å². The van der Waals surface area contributed by atoms with Crippen molar-refractivity contribution in [2.24, 2.45) is 5.92 Å². The van der Waals surface area contributed by atoms with Crippen LogP contribution in [0.15, 0.2) is 36.5 Å². The Balaban J connectivity index is 1.65. The van der Waals surface area contributed by atoms with E-state index in [0.29, 0.717) is 12.0 Å². The molecule has 0 spiro atoms. The molecule has 116 valence electrons. The van der Waals surface area contributed by atoms with E-state index in [1.165, 1.54) is 25.9 Å². The van der Waals surface area contributed by atoms with E-state index in [1.54, 1.807) is 0 Å². The fraction of sp³-hybridized carbons (Fsp3) is 0.500. The highest BCUT2D eigenvalue weighted by atomic mass is 16.2. The van der Waals surface area contributed by atoms with Crippen LogP contribution in [0.25, 0.3) is 5.52 Å². The van der Waals surface area contributed by atoms with Gasteiger partial charge in [-0.1, -0.05) is 6.07 Å². The Hall–Kier alpha value is -1.81. The van der Waals surface area contributed by atoms with Gasteiger partial charge in [0.25, 0.3) is 5.91 Å². The monoisotopic (exact) mass is 297 g/mol. The van der Waals surface area contributed by atoms with Crippen molar-refractivity contribution < 1.29 is 4.79 Å². The summed E-state index contributed by atoms with van der Waals surface area (Å²) < 4.78 is 2.01. The molecule has 0 aromatic carbocycles. The van der Waals surface area contributed by atoms with Crippen molar-refractivity contribution in [2.45, 2.75) is 25.8 Å². The first-order chi connectivity index (χ1) is 10.8. The quantitative estimate of drug-likeness (QED) is 0.870. The standard InChI is InChI=1S/C18H23N3O/c1-2-20(17-13-19-11-8-14(17)9-12-19)18(22)16-7-6-15-5-3-4-10-21(15)16/h3-7,10,14,17H,2,8-9,11-13H2,1H3. The molecule has 5 heterocycles. The minimum absolute atomic E-state index is 0.174. The average molecular weight is 297 g/mol. The Morgan fingerprint density at radius 2 is 2.05 bits per heavy atom. The number of likely N-dealkylation sites (N-methyl/N-ethyl adjacent to an activating group) is 1. The Labute approximate surface area is 131 Å². The number of piperidine rings is 3. The van der Waals surface area contributed by atoms with Crippen molar-refractivity contribution in [3.05, 3.63) is 42.2 Å². The third-order valence-electron chi connectivity index (χ3n) is 5.41. The molecule has 2 aromatic heterocycles. The normalized spacial score (nSPS) is 27.2. The largest absolute Gasteiger partial charge is 0.333 e. The summed E-state index contributed by atoms with van der Waals surface area (Å²) in [5.41, 5.74) is 1.87. The van der Waals surface area contributed by atoms with E-state index in [4.69, 9.17) is 0 Å². The zero-order chi connectivity index (χ0) is 15.1. The zero-order valence-corrected chi connectivity index (χ0v) is 13.1. The highest BCUT2D eigenvalue weighted by molar-refractivity contribution is 5.94. The van der Waals surface area contributed by atoms with Gasteiger partial charge in [-0.2, -0.15) is 0 Å². The molecule has 3 saturated heterocycles. The van der Waals surface area contributed by atoms with Crippen LogP contribution in [-0.4, -0.2) is 52.3 Å². The maximum atomic E-state index is 13.1. The number of pyridine rings is 1. The number of amides is 1. The Morgan fingerprint density at radius 1 is 1.23 bits per heavy atom. The third-order valence-corrected chi connectivity index (χ3v) is 5.41. The van der Waals surface area contributed by atoms with Crippen LogP contribution in [0.2, 0.25) is 0 Å². The molecular weight excluding hydrogens is 274 g/mol. The smallest absolute Gasteiger partial charge is 0.271 e. The number of rotatable bonds is 3. The van der Waals surface area contributed by atoms with Gasteiger partial charge in [0, 0.05) is 30.8 Å². The lowest BCUT2D eigenvalue weighted by Crippen LogP contribution is -2.58. The topological polar surface area (TPSA) is 28.0 Å². The second-order valence-corrected chi connectivity index (χ2v) is 6.51. The van der Waals surface area contributed by atoms with E-state index in [-0.39, 0.29) is 5.91 Å². The van der Waals surface area contributed by atoms with Crippen LogP contribution < -0.4 is 0 Å². The first kappa shape index (κ1) is 13.8. The van der Waals surface area contributed by atoms with Gasteiger partial charge in [0.1, 0.15) is 5.69 Å². The van der Waals surface area contributed by atoms with Crippen molar-refractivity contribution in [2.75, 3.05) is 26.2 Å². The summed E-state index contributed by atoms with van der Waals surface area (Å²) in [4.78, 5) is 17.7. The molecule has 0 N–H and O–H groups in total. The molecule has 1 atom stereocenters. The SMILES string of the molecule is CCN(C(=O)c1ccc2ccccn12)C1CN2CCC1CC2. The van der Waals surface area contributed by atoms with Crippen molar-refractivity contribution in [3.63, 3.8) is 0 Å². The summed E-state index contributed by atoms with van der Waals surface area (Å²) in [6, 6.07) is 10.4.